The second-order valence-corrected chi connectivity index (χ2v) is 9.70. The van der Waals surface area contributed by atoms with Gasteiger partial charge in [-0.15, -0.1) is 10.2 Å². The van der Waals surface area contributed by atoms with E-state index in [0.717, 1.165) is 11.4 Å². The molecule has 3 aromatic rings. The number of hydrogen-bond donors (Lipinski definition) is 2. The molecule has 1 aromatic heterocycles. The molecule has 0 unspecified atom stereocenters. The van der Waals surface area contributed by atoms with Crippen molar-refractivity contribution in [1.82, 2.24) is 14.8 Å². The highest BCUT2D eigenvalue weighted by Crippen LogP contribution is 2.26. The summed E-state index contributed by atoms with van der Waals surface area (Å²) in [6, 6.07) is 12.5. The predicted molar refractivity (Wildman–Crippen MR) is 126 cm³/mol. The van der Waals surface area contributed by atoms with Gasteiger partial charge in [-0.05, 0) is 55.3 Å². The molecule has 0 aliphatic heterocycles. The number of carbonyl (C=O) groups is 1. The fourth-order valence-corrected chi connectivity index (χ4v) is 4.85. The number of methoxy groups -OCH3 is 1. The third-order valence-electron chi connectivity index (χ3n) is 4.55. The Hall–Kier alpha value is -3.05. The summed E-state index contributed by atoms with van der Waals surface area (Å²) >= 11 is 1.25. The van der Waals surface area contributed by atoms with E-state index in [9.17, 15) is 13.2 Å². The zero-order chi connectivity index (χ0) is 23.1. The number of aromatic nitrogens is 3. The Morgan fingerprint density at radius 1 is 1.16 bits per heavy atom. The largest absolute Gasteiger partial charge is 0.497 e. The molecule has 0 saturated heterocycles. The van der Waals surface area contributed by atoms with E-state index >= 15 is 0 Å². The Morgan fingerprint density at radius 3 is 2.56 bits per heavy atom. The van der Waals surface area contributed by atoms with Crippen LogP contribution in [0, 0.1) is 6.92 Å². The van der Waals surface area contributed by atoms with E-state index < -0.39 is 10.0 Å². The summed E-state index contributed by atoms with van der Waals surface area (Å²) in [6.45, 7) is 3.56. The van der Waals surface area contributed by atoms with Gasteiger partial charge in [0.15, 0.2) is 5.16 Å². The first-order valence-corrected chi connectivity index (χ1v) is 12.5. The fourth-order valence-electron chi connectivity index (χ4n) is 2.93. The maximum Gasteiger partial charge on any atom is 0.234 e. The lowest BCUT2D eigenvalue weighted by atomic mass is 10.1. The van der Waals surface area contributed by atoms with Gasteiger partial charge in [-0.3, -0.25) is 14.1 Å². The van der Waals surface area contributed by atoms with Crippen molar-refractivity contribution in [3.63, 3.8) is 0 Å². The van der Waals surface area contributed by atoms with E-state index in [1.165, 1.54) is 11.8 Å². The summed E-state index contributed by atoms with van der Waals surface area (Å²) in [5.41, 5.74) is 2.49. The molecule has 0 radical (unpaired) electrons. The van der Waals surface area contributed by atoms with Crippen LogP contribution in [-0.2, 0) is 14.8 Å². The third kappa shape index (κ3) is 6.01. The van der Waals surface area contributed by atoms with Crippen molar-refractivity contribution in [1.29, 1.82) is 0 Å². The van der Waals surface area contributed by atoms with Crippen LogP contribution in [0.1, 0.15) is 18.9 Å². The van der Waals surface area contributed by atoms with Crippen LogP contribution >= 0.6 is 11.8 Å². The summed E-state index contributed by atoms with van der Waals surface area (Å²) in [5.74, 6) is 0.648. The predicted octanol–water partition coefficient (Wildman–Crippen LogP) is 3.47. The number of amides is 1. The highest BCUT2D eigenvalue weighted by molar-refractivity contribution is 7.99. The summed E-state index contributed by atoms with van der Waals surface area (Å²) in [4.78, 5) is 12.5. The minimum atomic E-state index is -3.42. The van der Waals surface area contributed by atoms with E-state index in [1.807, 2.05) is 24.3 Å². The van der Waals surface area contributed by atoms with Gasteiger partial charge in [0.25, 0.3) is 0 Å². The van der Waals surface area contributed by atoms with Crippen LogP contribution in [0.5, 0.6) is 5.75 Å². The summed E-state index contributed by atoms with van der Waals surface area (Å²) in [7, 11) is -1.82. The lowest BCUT2D eigenvalue weighted by molar-refractivity contribution is -0.113. The van der Waals surface area contributed by atoms with Crippen molar-refractivity contribution in [2.24, 2.45) is 0 Å². The molecule has 1 amide bonds. The van der Waals surface area contributed by atoms with Gasteiger partial charge in [-0.1, -0.05) is 24.8 Å². The Balaban J connectivity index is 1.65. The smallest absolute Gasteiger partial charge is 0.234 e. The van der Waals surface area contributed by atoms with Crippen LogP contribution in [0.15, 0.2) is 53.9 Å². The highest BCUT2D eigenvalue weighted by atomic mass is 32.2. The molecule has 0 saturated carbocycles. The van der Waals surface area contributed by atoms with E-state index in [1.54, 1.807) is 50.1 Å². The van der Waals surface area contributed by atoms with E-state index in [-0.39, 0.29) is 17.4 Å². The van der Waals surface area contributed by atoms with Gasteiger partial charge >= 0.3 is 0 Å². The molecule has 0 spiro atoms. The molecule has 3 rings (SSSR count). The van der Waals surface area contributed by atoms with Gasteiger partial charge in [0.2, 0.25) is 15.9 Å². The first kappa shape index (κ1) is 23.6. The Morgan fingerprint density at radius 2 is 1.88 bits per heavy atom. The molecular formula is C21H25N5O4S2. The molecule has 2 N–H and O–H groups in total. The Labute approximate surface area is 191 Å². The Bertz CT molecular complexity index is 1180. The maximum atomic E-state index is 12.5. The highest BCUT2D eigenvalue weighted by Gasteiger charge is 2.15. The van der Waals surface area contributed by atoms with Crippen LogP contribution in [0.25, 0.3) is 5.69 Å². The SMILES string of the molecule is CCCS(=O)(=O)Nc1cccc(NC(=O)CSc2nncn2-c2ccc(OC)cc2)c1C. The van der Waals surface area contributed by atoms with Crippen LogP contribution < -0.4 is 14.8 Å². The molecule has 0 fully saturated rings. The van der Waals surface area contributed by atoms with Crippen molar-refractivity contribution < 1.29 is 17.9 Å². The van der Waals surface area contributed by atoms with Crippen LogP contribution in [0.4, 0.5) is 11.4 Å². The monoisotopic (exact) mass is 475 g/mol. The molecule has 1 heterocycles. The summed E-state index contributed by atoms with van der Waals surface area (Å²) < 4.78 is 33.7. The second kappa shape index (κ2) is 10.5. The number of carbonyl (C=O) groups excluding carboxylic acids is 1. The maximum absolute atomic E-state index is 12.5. The standard InChI is InChI=1S/C21H25N5O4S2/c1-4-12-32(28,29)25-19-7-5-6-18(15(19)2)23-20(27)13-31-21-24-22-14-26(21)16-8-10-17(30-3)11-9-16/h5-11,14,25H,4,12-13H2,1-3H3,(H,23,27). The van der Waals surface area contributed by atoms with Gasteiger partial charge < -0.3 is 10.1 Å². The number of nitrogens with zero attached hydrogens (tertiary/aromatic N) is 3. The molecule has 170 valence electrons. The number of anilines is 2. The van der Waals surface area contributed by atoms with Crippen LogP contribution in [0.3, 0.4) is 0 Å². The molecule has 0 aliphatic carbocycles. The van der Waals surface area contributed by atoms with Crippen molar-refractivity contribution >= 4 is 39.1 Å². The molecule has 0 atom stereocenters. The van der Waals surface area contributed by atoms with Crippen LogP contribution in [0.2, 0.25) is 0 Å². The minimum Gasteiger partial charge on any atom is -0.497 e. The molecule has 11 heteroatoms. The molecule has 9 nitrogen and oxygen atoms in total. The number of sulfonamides is 1. The molecule has 0 bridgehead atoms. The van der Waals surface area contributed by atoms with Gasteiger partial charge in [0.1, 0.15) is 12.1 Å². The van der Waals surface area contributed by atoms with E-state index in [4.69, 9.17) is 4.74 Å². The summed E-state index contributed by atoms with van der Waals surface area (Å²) in [5, 5.41) is 11.4. The number of ether oxygens (including phenoxy) is 1. The van der Waals surface area contributed by atoms with Gasteiger partial charge in [-0.25, -0.2) is 8.42 Å². The number of nitrogens with one attached hydrogen (secondary N) is 2. The van der Waals surface area contributed by atoms with Crippen LogP contribution in [-0.4, -0.2) is 47.7 Å². The van der Waals surface area contributed by atoms with Crippen molar-refractivity contribution in [2.45, 2.75) is 25.4 Å². The average Bonchev–Trinajstić information content (AvgIpc) is 3.23. The topological polar surface area (TPSA) is 115 Å². The summed E-state index contributed by atoms with van der Waals surface area (Å²) in [6.07, 6.45) is 2.10. The van der Waals surface area contributed by atoms with E-state index in [0.29, 0.717) is 28.5 Å². The van der Waals surface area contributed by atoms with Gasteiger partial charge in [0.05, 0.1) is 24.3 Å². The first-order valence-electron chi connectivity index (χ1n) is 9.90. The minimum absolute atomic E-state index is 0.0363. The number of thioether (sulfide) groups is 1. The number of benzene rings is 2. The van der Waals surface area contributed by atoms with E-state index in [2.05, 4.69) is 20.2 Å². The van der Waals surface area contributed by atoms with Crippen molar-refractivity contribution in [2.75, 3.05) is 28.7 Å². The Kier molecular flexibility index (Phi) is 7.75. The quantitative estimate of drug-likeness (QED) is 0.432. The molecule has 2 aromatic carbocycles. The van der Waals surface area contributed by atoms with Crippen molar-refractivity contribution in [3.05, 3.63) is 54.4 Å². The van der Waals surface area contributed by atoms with Gasteiger partial charge in [-0.2, -0.15) is 0 Å². The van der Waals surface area contributed by atoms with Gasteiger partial charge in [0, 0.05) is 11.4 Å². The molecule has 0 aliphatic rings. The number of rotatable bonds is 10. The average molecular weight is 476 g/mol. The zero-order valence-corrected chi connectivity index (χ0v) is 19.7. The molecular weight excluding hydrogens is 450 g/mol. The lowest BCUT2D eigenvalue weighted by Crippen LogP contribution is -2.18. The zero-order valence-electron chi connectivity index (χ0n) is 18.0. The first-order chi connectivity index (χ1) is 15.3. The second-order valence-electron chi connectivity index (χ2n) is 6.92. The lowest BCUT2D eigenvalue weighted by Gasteiger charge is -2.14. The van der Waals surface area contributed by atoms with Crippen molar-refractivity contribution in [3.8, 4) is 11.4 Å². The normalized spacial score (nSPS) is 11.2. The third-order valence-corrected chi connectivity index (χ3v) is 6.97. The fraction of sp³-hybridized carbons (Fsp3) is 0.286. The molecule has 32 heavy (non-hydrogen) atoms. The number of hydrogen-bond acceptors (Lipinski definition) is 7.